The van der Waals surface area contributed by atoms with Crippen molar-refractivity contribution >= 4 is 17.6 Å². The topological polar surface area (TPSA) is 57.7 Å². The first kappa shape index (κ1) is 16.0. The lowest BCUT2D eigenvalue weighted by Gasteiger charge is -2.11. The van der Waals surface area contributed by atoms with E-state index in [-0.39, 0.29) is 35.6 Å². The van der Waals surface area contributed by atoms with Crippen LogP contribution in [0.4, 0.5) is 4.39 Å². The number of aromatic nitrogens is 1. The summed E-state index contributed by atoms with van der Waals surface area (Å²) in [6.45, 7) is 1.65. The molecule has 0 amide bonds. The molecule has 0 N–H and O–H groups in total. The maximum Gasteiger partial charge on any atom is 0.344 e. The summed E-state index contributed by atoms with van der Waals surface area (Å²) in [5, 5.41) is 0.0800. The Labute approximate surface area is 131 Å². The lowest BCUT2D eigenvalue weighted by molar-refractivity contribution is -0.145. The van der Waals surface area contributed by atoms with Crippen LogP contribution in [-0.2, 0) is 9.53 Å². The number of hydrogen-bond acceptors (Lipinski definition) is 5. The third-order valence-corrected chi connectivity index (χ3v) is 2.71. The lowest BCUT2D eigenvalue weighted by atomic mass is 10.3. The van der Waals surface area contributed by atoms with Crippen LogP contribution in [-0.4, -0.2) is 24.2 Å². The van der Waals surface area contributed by atoms with Gasteiger partial charge in [-0.15, -0.1) is 0 Å². The zero-order valence-corrected chi connectivity index (χ0v) is 12.4. The van der Waals surface area contributed by atoms with Gasteiger partial charge in [0, 0.05) is 12.3 Å². The van der Waals surface area contributed by atoms with E-state index in [1.54, 1.807) is 19.1 Å². The average molecular weight is 325 g/mol. The van der Waals surface area contributed by atoms with Crippen LogP contribution < -0.4 is 9.47 Å². The number of ether oxygens (including phenoxy) is 3. The van der Waals surface area contributed by atoms with E-state index in [0.29, 0.717) is 0 Å². The van der Waals surface area contributed by atoms with E-state index in [9.17, 15) is 9.18 Å². The smallest absolute Gasteiger partial charge is 0.344 e. The molecule has 0 spiro atoms. The van der Waals surface area contributed by atoms with E-state index >= 15 is 0 Å². The van der Waals surface area contributed by atoms with Crippen molar-refractivity contribution in [3.8, 4) is 17.4 Å². The second-order valence-electron chi connectivity index (χ2n) is 4.00. The van der Waals surface area contributed by atoms with Crippen molar-refractivity contribution in [1.29, 1.82) is 0 Å². The molecule has 2 aromatic rings. The van der Waals surface area contributed by atoms with Gasteiger partial charge in [-0.05, 0) is 31.2 Å². The molecule has 0 unspecified atom stereocenters. The van der Waals surface area contributed by atoms with Crippen molar-refractivity contribution < 1.29 is 23.4 Å². The summed E-state index contributed by atoms with van der Waals surface area (Å²) in [7, 11) is 0. The summed E-state index contributed by atoms with van der Waals surface area (Å²) in [6.07, 6.45) is 1.48. The Balaban J connectivity index is 2.12. The van der Waals surface area contributed by atoms with Gasteiger partial charge in [0.05, 0.1) is 11.6 Å². The number of halogens is 2. The molecule has 0 aliphatic carbocycles. The number of pyridine rings is 1. The first-order valence-corrected chi connectivity index (χ1v) is 6.76. The maximum atomic E-state index is 13.0. The third kappa shape index (κ3) is 4.33. The molecule has 0 saturated heterocycles. The Morgan fingerprint density at radius 2 is 2.27 bits per heavy atom. The fraction of sp³-hybridized carbons (Fsp3) is 0.200. The molecule has 0 bridgehead atoms. The Morgan fingerprint density at radius 1 is 1.45 bits per heavy atom. The number of nitrogens with zero attached hydrogens (tertiary/aromatic N) is 1. The van der Waals surface area contributed by atoms with Crippen molar-refractivity contribution in [2.75, 3.05) is 13.2 Å². The van der Waals surface area contributed by atoms with Gasteiger partial charge in [-0.3, -0.25) is 0 Å². The molecule has 0 fully saturated rings. The van der Waals surface area contributed by atoms with Gasteiger partial charge in [-0.2, -0.15) is 0 Å². The van der Waals surface area contributed by atoms with Crippen LogP contribution in [0, 0.1) is 11.9 Å². The predicted octanol–water partition coefficient (Wildman–Crippen LogP) is 3.41. The molecule has 115 valence electrons. The highest BCUT2D eigenvalue weighted by Gasteiger charge is 2.12. The van der Waals surface area contributed by atoms with Gasteiger partial charge in [-0.25, -0.2) is 14.2 Å². The first-order valence-electron chi connectivity index (χ1n) is 6.38. The van der Waals surface area contributed by atoms with E-state index in [4.69, 9.17) is 25.8 Å². The molecule has 2 rings (SSSR count). The Morgan fingerprint density at radius 3 is 3.00 bits per heavy atom. The van der Waals surface area contributed by atoms with Crippen LogP contribution in [0.1, 0.15) is 6.92 Å². The Hall–Kier alpha value is -2.34. The highest BCUT2D eigenvalue weighted by molar-refractivity contribution is 6.32. The predicted molar refractivity (Wildman–Crippen MR) is 76.7 cm³/mol. The highest BCUT2D eigenvalue weighted by Crippen LogP contribution is 2.33. The SMILES string of the molecule is CCOC(=O)COc1ncccc1Oc1c[c]c(F)cc1Cl. The van der Waals surface area contributed by atoms with Crippen LogP contribution in [0.15, 0.2) is 30.5 Å². The highest BCUT2D eigenvalue weighted by atomic mass is 35.5. The van der Waals surface area contributed by atoms with Crippen molar-refractivity contribution in [2.24, 2.45) is 0 Å². The molecule has 1 radical (unpaired) electrons. The second-order valence-corrected chi connectivity index (χ2v) is 4.40. The van der Waals surface area contributed by atoms with Crippen LogP contribution in [0.2, 0.25) is 5.02 Å². The number of hydrogen-bond donors (Lipinski definition) is 0. The number of rotatable bonds is 6. The molecule has 0 aliphatic rings. The van der Waals surface area contributed by atoms with Crippen LogP contribution >= 0.6 is 11.6 Å². The van der Waals surface area contributed by atoms with Crippen molar-refractivity contribution in [3.63, 3.8) is 0 Å². The van der Waals surface area contributed by atoms with Gasteiger partial charge >= 0.3 is 5.97 Å². The summed E-state index contributed by atoms with van der Waals surface area (Å²) in [4.78, 5) is 15.3. The minimum Gasteiger partial charge on any atom is -0.463 e. The molecule has 5 nitrogen and oxygen atoms in total. The zero-order chi connectivity index (χ0) is 15.9. The molecule has 0 aliphatic heterocycles. The summed E-state index contributed by atoms with van der Waals surface area (Å²) < 4.78 is 28.5. The molecule has 22 heavy (non-hydrogen) atoms. The largest absolute Gasteiger partial charge is 0.463 e. The van der Waals surface area contributed by atoms with Gasteiger partial charge in [0.25, 0.3) is 5.88 Å². The van der Waals surface area contributed by atoms with E-state index in [1.165, 1.54) is 12.3 Å². The Bertz CT molecular complexity index is 666. The Kier molecular flexibility index (Phi) is 5.55. The van der Waals surface area contributed by atoms with Crippen LogP contribution in [0.25, 0.3) is 0 Å². The lowest BCUT2D eigenvalue weighted by Crippen LogP contribution is -2.15. The van der Waals surface area contributed by atoms with E-state index < -0.39 is 11.8 Å². The summed E-state index contributed by atoms with van der Waals surface area (Å²) in [6, 6.07) is 7.87. The molecule has 1 aromatic heterocycles. The fourth-order valence-electron chi connectivity index (χ4n) is 1.52. The molecule has 0 saturated carbocycles. The number of esters is 1. The number of benzene rings is 1. The summed E-state index contributed by atoms with van der Waals surface area (Å²) >= 11 is 5.88. The standard InChI is InChI=1S/C15H12ClFNO4/c1-2-20-14(19)9-21-15-13(4-3-7-18-15)22-12-6-5-10(17)8-11(12)16/h3-4,6-8H,2,9H2,1H3. The minimum atomic E-state index is -0.595. The van der Waals surface area contributed by atoms with Gasteiger partial charge in [0.1, 0.15) is 11.6 Å². The van der Waals surface area contributed by atoms with Crippen LogP contribution in [0.3, 0.4) is 0 Å². The van der Waals surface area contributed by atoms with E-state index in [0.717, 1.165) is 6.07 Å². The van der Waals surface area contributed by atoms with Crippen molar-refractivity contribution in [3.05, 3.63) is 47.4 Å². The fourth-order valence-corrected chi connectivity index (χ4v) is 1.71. The molecular formula is C15H12ClFNO4. The van der Waals surface area contributed by atoms with Gasteiger partial charge < -0.3 is 14.2 Å². The average Bonchev–Trinajstić information content (AvgIpc) is 2.49. The van der Waals surface area contributed by atoms with Crippen molar-refractivity contribution in [1.82, 2.24) is 4.98 Å². The summed E-state index contributed by atoms with van der Waals surface area (Å²) in [5.74, 6) is -0.601. The minimum absolute atomic E-state index is 0.0800. The normalized spacial score (nSPS) is 10.1. The number of carbonyl (C=O) groups is 1. The first-order chi connectivity index (χ1) is 10.6. The van der Waals surface area contributed by atoms with Gasteiger partial charge in [0.15, 0.2) is 12.4 Å². The van der Waals surface area contributed by atoms with Crippen molar-refractivity contribution in [2.45, 2.75) is 6.92 Å². The maximum absolute atomic E-state index is 13.0. The van der Waals surface area contributed by atoms with Gasteiger partial charge in [-0.1, -0.05) is 11.6 Å². The summed E-state index contributed by atoms with van der Waals surface area (Å²) in [5.41, 5.74) is 0. The second kappa shape index (κ2) is 7.61. The number of carbonyl (C=O) groups excluding carboxylic acids is 1. The van der Waals surface area contributed by atoms with E-state index in [2.05, 4.69) is 11.1 Å². The zero-order valence-electron chi connectivity index (χ0n) is 11.6. The van der Waals surface area contributed by atoms with Gasteiger partial charge in [0.2, 0.25) is 0 Å². The molecule has 1 heterocycles. The molecule has 7 heteroatoms. The monoisotopic (exact) mass is 324 g/mol. The quantitative estimate of drug-likeness (QED) is 0.762. The van der Waals surface area contributed by atoms with E-state index in [1.807, 2.05) is 0 Å². The van der Waals surface area contributed by atoms with Crippen LogP contribution in [0.5, 0.6) is 17.4 Å². The molecule has 0 atom stereocenters. The molecular weight excluding hydrogens is 313 g/mol. The third-order valence-electron chi connectivity index (χ3n) is 2.42. The molecule has 1 aromatic carbocycles.